The van der Waals surface area contributed by atoms with Crippen molar-refractivity contribution in [3.05, 3.63) is 54.1 Å². The zero-order chi connectivity index (χ0) is 14.5. The van der Waals surface area contributed by atoms with Gasteiger partial charge in [-0.05, 0) is 42.0 Å². The fourth-order valence-corrected chi connectivity index (χ4v) is 2.20. The third-order valence-electron chi connectivity index (χ3n) is 3.50. The van der Waals surface area contributed by atoms with Gasteiger partial charge in [0.1, 0.15) is 5.75 Å². The van der Waals surface area contributed by atoms with E-state index in [-0.39, 0.29) is 5.75 Å². The number of hydrogen-bond donors (Lipinski definition) is 1. The molecule has 1 unspecified atom stereocenters. The van der Waals surface area contributed by atoms with Crippen molar-refractivity contribution in [2.75, 3.05) is 25.7 Å². The minimum absolute atomic E-state index is 0.283. The number of phenolic OH excluding ortho intramolecular Hbond substituents is 1. The first-order valence-corrected chi connectivity index (χ1v) is 6.73. The fraction of sp³-hybridized carbons (Fsp3) is 0.294. The molecule has 3 heteroatoms. The van der Waals surface area contributed by atoms with Crippen LogP contribution in [-0.2, 0) is 4.74 Å². The molecule has 0 aromatic heterocycles. The average Bonchev–Trinajstić information content (AvgIpc) is 2.48. The topological polar surface area (TPSA) is 32.7 Å². The molecule has 0 radical (unpaired) electrons. The summed E-state index contributed by atoms with van der Waals surface area (Å²) in [6.07, 6.45) is 0. The van der Waals surface area contributed by atoms with E-state index in [1.54, 1.807) is 19.2 Å². The summed E-state index contributed by atoms with van der Waals surface area (Å²) >= 11 is 0. The van der Waals surface area contributed by atoms with Crippen LogP contribution in [0.3, 0.4) is 0 Å². The Balaban J connectivity index is 2.15. The average molecular weight is 271 g/mol. The Hall–Kier alpha value is -2.00. The lowest BCUT2D eigenvalue weighted by molar-refractivity contribution is 0.184. The Morgan fingerprint density at radius 2 is 1.50 bits per heavy atom. The highest BCUT2D eigenvalue weighted by Gasteiger charge is 2.07. The number of anilines is 2. The fourth-order valence-electron chi connectivity index (χ4n) is 2.20. The van der Waals surface area contributed by atoms with Gasteiger partial charge in [0.15, 0.2) is 0 Å². The van der Waals surface area contributed by atoms with Gasteiger partial charge in [0, 0.05) is 31.5 Å². The summed E-state index contributed by atoms with van der Waals surface area (Å²) < 4.78 is 5.18. The van der Waals surface area contributed by atoms with Gasteiger partial charge < -0.3 is 14.7 Å². The number of hydrogen-bond acceptors (Lipinski definition) is 3. The van der Waals surface area contributed by atoms with E-state index in [0.29, 0.717) is 5.92 Å². The van der Waals surface area contributed by atoms with Gasteiger partial charge in [0.2, 0.25) is 0 Å². The summed E-state index contributed by atoms with van der Waals surface area (Å²) in [6.45, 7) is 2.88. The molecule has 0 aliphatic rings. The first kappa shape index (κ1) is 14.4. The second-order valence-electron chi connectivity index (χ2n) is 5.02. The Morgan fingerprint density at radius 1 is 1.00 bits per heavy atom. The minimum atomic E-state index is 0.283. The van der Waals surface area contributed by atoms with Gasteiger partial charge in [-0.3, -0.25) is 0 Å². The van der Waals surface area contributed by atoms with Crippen molar-refractivity contribution in [2.24, 2.45) is 0 Å². The van der Waals surface area contributed by atoms with Gasteiger partial charge in [-0.1, -0.05) is 19.1 Å². The van der Waals surface area contributed by atoms with Crippen LogP contribution in [0.5, 0.6) is 5.75 Å². The molecule has 3 nitrogen and oxygen atoms in total. The van der Waals surface area contributed by atoms with Crippen molar-refractivity contribution in [1.29, 1.82) is 0 Å². The van der Waals surface area contributed by atoms with Gasteiger partial charge in [-0.15, -0.1) is 0 Å². The molecule has 106 valence electrons. The van der Waals surface area contributed by atoms with Crippen LogP contribution in [0.25, 0.3) is 0 Å². The molecule has 2 aromatic rings. The Kier molecular flexibility index (Phi) is 4.64. The van der Waals surface area contributed by atoms with E-state index in [9.17, 15) is 5.11 Å². The van der Waals surface area contributed by atoms with Crippen LogP contribution in [0, 0.1) is 0 Å². The predicted octanol–water partition coefficient (Wildman–Crippen LogP) is 3.91. The summed E-state index contributed by atoms with van der Waals surface area (Å²) in [6, 6.07) is 15.7. The lowest BCUT2D eigenvalue weighted by atomic mass is 10.0. The second-order valence-corrected chi connectivity index (χ2v) is 5.02. The maximum Gasteiger partial charge on any atom is 0.115 e. The van der Waals surface area contributed by atoms with Crippen molar-refractivity contribution in [3.63, 3.8) is 0 Å². The zero-order valence-electron chi connectivity index (χ0n) is 12.2. The van der Waals surface area contributed by atoms with E-state index in [4.69, 9.17) is 4.74 Å². The number of nitrogens with zero attached hydrogens (tertiary/aromatic N) is 1. The molecule has 1 N–H and O–H groups in total. The number of benzene rings is 2. The van der Waals surface area contributed by atoms with Gasteiger partial charge >= 0.3 is 0 Å². The maximum absolute atomic E-state index is 9.33. The van der Waals surface area contributed by atoms with Crippen LogP contribution < -0.4 is 4.90 Å². The largest absolute Gasteiger partial charge is 0.508 e. The molecular weight excluding hydrogens is 250 g/mol. The molecule has 0 saturated heterocycles. The standard InChI is InChI=1S/C17H21NO2/c1-13(12-20-3)14-4-6-15(7-5-14)18(2)16-8-10-17(19)11-9-16/h4-11,13,19H,12H2,1-3H3. The number of rotatable bonds is 5. The van der Waals surface area contributed by atoms with Gasteiger partial charge in [-0.25, -0.2) is 0 Å². The summed E-state index contributed by atoms with van der Waals surface area (Å²) in [7, 11) is 3.74. The number of phenols is 1. The summed E-state index contributed by atoms with van der Waals surface area (Å²) in [4.78, 5) is 2.09. The highest BCUT2D eigenvalue weighted by Crippen LogP contribution is 2.26. The SMILES string of the molecule is COCC(C)c1ccc(N(C)c2ccc(O)cc2)cc1. The third-order valence-corrected chi connectivity index (χ3v) is 3.50. The first-order valence-electron chi connectivity index (χ1n) is 6.73. The number of aromatic hydroxyl groups is 1. The van der Waals surface area contributed by atoms with E-state index in [0.717, 1.165) is 18.0 Å². The number of methoxy groups -OCH3 is 1. The monoisotopic (exact) mass is 271 g/mol. The van der Waals surface area contributed by atoms with Gasteiger partial charge in [0.25, 0.3) is 0 Å². The second kappa shape index (κ2) is 6.44. The van der Waals surface area contributed by atoms with E-state index < -0.39 is 0 Å². The van der Waals surface area contributed by atoms with Crippen LogP contribution in [-0.4, -0.2) is 25.9 Å². The Morgan fingerprint density at radius 3 is 2.00 bits per heavy atom. The first-order chi connectivity index (χ1) is 9.61. The lowest BCUT2D eigenvalue weighted by Crippen LogP contribution is -2.09. The van der Waals surface area contributed by atoms with Gasteiger partial charge in [0.05, 0.1) is 6.61 Å². The summed E-state index contributed by atoms with van der Waals surface area (Å²) in [5.74, 6) is 0.680. The molecule has 2 aromatic carbocycles. The van der Waals surface area contributed by atoms with E-state index in [1.165, 1.54) is 5.56 Å². The molecule has 0 spiro atoms. The molecule has 0 heterocycles. The van der Waals surface area contributed by atoms with Crippen LogP contribution in [0.4, 0.5) is 11.4 Å². The molecular formula is C17H21NO2. The third kappa shape index (κ3) is 3.31. The van der Waals surface area contributed by atoms with Crippen LogP contribution in [0.2, 0.25) is 0 Å². The minimum Gasteiger partial charge on any atom is -0.508 e. The summed E-state index contributed by atoms with van der Waals surface area (Å²) in [5, 5.41) is 9.33. The Bertz CT molecular complexity index is 534. The van der Waals surface area contributed by atoms with Crippen molar-refractivity contribution >= 4 is 11.4 Å². The molecule has 0 bridgehead atoms. The van der Waals surface area contributed by atoms with Crippen molar-refractivity contribution in [3.8, 4) is 5.75 Å². The molecule has 20 heavy (non-hydrogen) atoms. The van der Waals surface area contributed by atoms with Crippen molar-refractivity contribution in [1.82, 2.24) is 0 Å². The maximum atomic E-state index is 9.33. The quantitative estimate of drug-likeness (QED) is 0.895. The molecule has 0 saturated carbocycles. The Labute approximate surface area is 120 Å². The lowest BCUT2D eigenvalue weighted by Gasteiger charge is -2.20. The molecule has 0 aliphatic carbocycles. The van der Waals surface area contributed by atoms with E-state index >= 15 is 0 Å². The molecule has 1 atom stereocenters. The van der Waals surface area contributed by atoms with E-state index in [1.807, 2.05) is 19.2 Å². The normalized spacial score (nSPS) is 12.2. The predicted molar refractivity (Wildman–Crippen MR) is 82.9 cm³/mol. The summed E-state index contributed by atoms with van der Waals surface area (Å²) in [5.41, 5.74) is 3.43. The van der Waals surface area contributed by atoms with Crippen molar-refractivity contribution in [2.45, 2.75) is 12.8 Å². The highest BCUT2D eigenvalue weighted by atomic mass is 16.5. The molecule has 2 rings (SSSR count). The molecule has 0 amide bonds. The highest BCUT2D eigenvalue weighted by molar-refractivity contribution is 5.63. The number of ether oxygens (including phenoxy) is 1. The van der Waals surface area contributed by atoms with Crippen molar-refractivity contribution < 1.29 is 9.84 Å². The molecule has 0 fully saturated rings. The van der Waals surface area contributed by atoms with Crippen LogP contribution in [0.1, 0.15) is 18.4 Å². The van der Waals surface area contributed by atoms with Gasteiger partial charge in [-0.2, -0.15) is 0 Å². The molecule has 0 aliphatic heterocycles. The smallest absolute Gasteiger partial charge is 0.115 e. The van der Waals surface area contributed by atoms with Crippen LogP contribution >= 0.6 is 0 Å². The van der Waals surface area contributed by atoms with Crippen LogP contribution in [0.15, 0.2) is 48.5 Å². The van der Waals surface area contributed by atoms with E-state index in [2.05, 4.69) is 36.1 Å². The zero-order valence-corrected chi connectivity index (χ0v) is 12.2.